The van der Waals surface area contributed by atoms with Crippen molar-refractivity contribution in [3.8, 4) is 0 Å². The Kier molecular flexibility index (Phi) is 5.77. The molecule has 0 aliphatic heterocycles. The number of aliphatic carboxylic acids is 1. The van der Waals surface area contributed by atoms with Crippen LogP contribution in [0.25, 0.3) is 0 Å². The van der Waals surface area contributed by atoms with Gasteiger partial charge in [0, 0.05) is 11.9 Å². The number of nitrogens with zero attached hydrogens (tertiary/aromatic N) is 1. The lowest BCUT2D eigenvalue weighted by atomic mass is 10.3. The third-order valence-electron chi connectivity index (χ3n) is 1.51. The highest BCUT2D eigenvalue weighted by atomic mass is 16.4. The lowest BCUT2D eigenvalue weighted by molar-refractivity contribution is -0.132. The molecular formula is C9H15N3O3. The number of rotatable bonds is 5. The van der Waals surface area contributed by atoms with Crippen LogP contribution in [0.15, 0.2) is 16.4 Å². The molecule has 15 heavy (non-hydrogen) atoms. The summed E-state index contributed by atoms with van der Waals surface area (Å²) in [6.07, 6.45) is 3.05. The van der Waals surface area contributed by atoms with Gasteiger partial charge in [0.05, 0.1) is 0 Å². The predicted molar refractivity (Wildman–Crippen MR) is 56.5 cm³/mol. The monoisotopic (exact) mass is 213 g/mol. The number of hydrogen-bond donors (Lipinski definition) is 3. The first-order valence-electron chi connectivity index (χ1n) is 4.52. The van der Waals surface area contributed by atoms with Gasteiger partial charge in [0.25, 0.3) is 0 Å². The summed E-state index contributed by atoms with van der Waals surface area (Å²) in [6, 6.07) is -0.808. The fourth-order valence-corrected chi connectivity index (χ4v) is 0.841. The highest BCUT2D eigenvalue weighted by molar-refractivity contribution is 5.90. The van der Waals surface area contributed by atoms with Crippen LogP contribution in [0.1, 0.15) is 26.7 Å². The molecule has 0 fully saturated rings. The summed E-state index contributed by atoms with van der Waals surface area (Å²) in [5.74, 6) is -1.20. The van der Waals surface area contributed by atoms with Gasteiger partial charge in [-0.1, -0.05) is 13.3 Å². The van der Waals surface area contributed by atoms with Crippen molar-refractivity contribution in [2.45, 2.75) is 26.7 Å². The molecule has 6 heteroatoms. The molecule has 0 rings (SSSR count). The maximum atomic E-state index is 10.8. The lowest BCUT2D eigenvalue weighted by Gasteiger charge is -2.03. The zero-order valence-corrected chi connectivity index (χ0v) is 8.78. The number of unbranched alkanes of at least 4 members (excludes halogenated alkanes) is 1. The zero-order valence-electron chi connectivity index (χ0n) is 8.78. The Morgan fingerprint density at radius 2 is 2.13 bits per heavy atom. The normalized spacial score (nSPS) is 12.4. The molecule has 0 bridgehead atoms. The number of allylic oxidation sites excluding steroid dienone is 1. The molecule has 0 unspecified atom stereocenters. The first-order chi connectivity index (χ1) is 6.99. The van der Waals surface area contributed by atoms with E-state index < -0.39 is 12.0 Å². The molecular weight excluding hydrogens is 198 g/mol. The van der Waals surface area contributed by atoms with E-state index in [2.05, 4.69) is 10.3 Å². The molecule has 0 heterocycles. The average Bonchev–Trinajstić information content (AvgIpc) is 2.10. The van der Waals surface area contributed by atoms with Crippen molar-refractivity contribution in [3.63, 3.8) is 0 Å². The summed E-state index contributed by atoms with van der Waals surface area (Å²) >= 11 is 0. The second kappa shape index (κ2) is 6.58. The van der Waals surface area contributed by atoms with Crippen LogP contribution in [0.2, 0.25) is 0 Å². The molecule has 6 nitrogen and oxygen atoms in total. The van der Waals surface area contributed by atoms with Crippen LogP contribution >= 0.6 is 0 Å². The van der Waals surface area contributed by atoms with Crippen LogP contribution in [0.4, 0.5) is 4.79 Å². The Balaban J connectivity index is 4.77. The van der Waals surface area contributed by atoms with E-state index in [4.69, 9.17) is 10.8 Å². The molecule has 84 valence electrons. The molecule has 0 atom stereocenters. The number of carbonyl (C=O) groups excluding carboxylic acids is 1. The van der Waals surface area contributed by atoms with E-state index in [1.807, 2.05) is 6.92 Å². The van der Waals surface area contributed by atoms with E-state index in [0.717, 1.165) is 6.42 Å². The lowest BCUT2D eigenvalue weighted by Crippen LogP contribution is -2.29. The topological polar surface area (TPSA) is 105 Å². The van der Waals surface area contributed by atoms with Crippen LogP contribution in [-0.4, -0.2) is 23.3 Å². The molecule has 0 saturated heterocycles. The van der Waals surface area contributed by atoms with E-state index in [1.165, 1.54) is 13.1 Å². The van der Waals surface area contributed by atoms with Crippen molar-refractivity contribution < 1.29 is 14.7 Å². The van der Waals surface area contributed by atoms with Gasteiger partial charge in [0.1, 0.15) is 0 Å². The summed E-state index contributed by atoms with van der Waals surface area (Å²) in [7, 11) is 0. The fraction of sp³-hybridized carbons (Fsp3) is 0.444. The first-order valence-corrected chi connectivity index (χ1v) is 4.52. The van der Waals surface area contributed by atoms with Crippen LogP contribution in [0.5, 0.6) is 0 Å². The van der Waals surface area contributed by atoms with Crippen molar-refractivity contribution in [2.75, 3.05) is 0 Å². The summed E-state index contributed by atoms with van der Waals surface area (Å²) in [4.78, 5) is 25.0. The number of urea groups is 1. The third kappa shape index (κ3) is 5.45. The smallest absolute Gasteiger partial charge is 0.356 e. The van der Waals surface area contributed by atoms with Crippen molar-refractivity contribution in [2.24, 2.45) is 10.7 Å². The van der Waals surface area contributed by atoms with Crippen molar-refractivity contribution in [3.05, 3.63) is 11.4 Å². The summed E-state index contributed by atoms with van der Waals surface area (Å²) < 4.78 is 0. The van der Waals surface area contributed by atoms with Crippen LogP contribution < -0.4 is 11.1 Å². The SMILES string of the molecule is CCC/C=N\C(C(=O)O)=C(/C)NC(N)=O. The Bertz CT molecular complexity index is 308. The maximum absolute atomic E-state index is 10.8. The molecule has 4 N–H and O–H groups in total. The molecule has 2 amide bonds. The van der Waals surface area contributed by atoms with Gasteiger partial charge >= 0.3 is 12.0 Å². The van der Waals surface area contributed by atoms with Gasteiger partial charge in [-0.25, -0.2) is 9.59 Å². The third-order valence-corrected chi connectivity index (χ3v) is 1.51. The summed E-state index contributed by atoms with van der Waals surface area (Å²) in [5, 5.41) is 11.0. The number of primary amides is 1. The second-order valence-corrected chi connectivity index (χ2v) is 2.87. The van der Waals surface area contributed by atoms with Gasteiger partial charge in [-0.05, 0) is 13.3 Å². The van der Waals surface area contributed by atoms with Crippen LogP contribution in [-0.2, 0) is 4.79 Å². The quantitative estimate of drug-likeness (QED) is 0.465. The average molecular weight is 213 g/mol. The standard InChI is InChI=1S/C9H15N3O3/c1-3-4-5-11-7(8(13)14)6(2)12-9(10)15/h5H,3-4H2,1-2H3,(H,13,14)(H3,10,12,15)/b7-6+,11-5-. The largest absolute Gasteiger partial charge is 0.476 e. The molecule has 0 saturated carbocycles. The van der Waals surface area contributed by atoms with Gasteiger partial charge < -0.3 is 16.2 Å². The van der Waals surface area contributed by atoms with Crippen molar-refractivity contribution >= 4 is 18.2 Å². The van der Waals surface area contributed by atoms with E-state index in [1.54, 1.807) is 0 Å². The van der Waals surface area contributed by atoms with Gasteiger partial charge in [0.15, 0.2) is 5.70 Å². The molecule has 0 aliphatic carbocycles. The number of nitrogens with one attached hydrogen (secondary N) is 1. The Morgan fingerprint density at radius 3 is 2.53 bits per heavy atom. The number of aliphatic imine (C=N–C) groups is 1. The molecule has 0 aromatic heterocycles. The van der Waals surface area contributed by atoms with E-state index in [0.29, 0.717) is 6.42 Å². The summed E-state index contributed by atoms with van der Waals surface area (Å²) in [6.45, 7) is 3.38. The maximum Gasteiger partial charge on any atom is 0.356 e. The summed E-state index contributed by atoms with van der Waals surface area (Å²) in [5.41, 5.74) is 4.78. The molecule has 0 aliphatic rings. The fourth-order valence-electron chi connectivity index (χ4n) is 0.841. The Hall–Kier alpha value is -1.85. The van der Waals surface area contributed by atoms with Crippen LogP contribution in [0.3, 0.4) is 0 Å². The zero-order chi connectivity index (χ0) is 11.8. The van der Waals surface area contributed by atoms with E-state index in [-0.39, 0.29) is 11.4 Å². The number of amides is 2. The number of carbonyl (C=O) groups is 2. The molecule has 0 spiro atoms. The highest BCUT2D eigenvalue weighted by Crippen LogP contribution is 2.03. The highest BCUT2D eigenvalue weighted by Gasteiger charge is 2.10. The first kappa shape index (κ1) is 13.2. The van der Waals surface area contributed by atoms with E-state index in [9.17, 15) is 9.59 Å². The predicted octanol–water partition coefficient (Wildman–Crippen LogP) is 0.842. The second-order valence-electron chi connectivity index (χ2n) is 2.87. The minimum Gasteiger partial charge on any atom is -0.476 e. The molecule has 0 radical (unpaired) electrons. The van der Waals surface area contributed by atoms with Gasteiger partial charge in [-0.15, -0.1) is 0 Å². The Labute approximate surface area is 87.9 Å². The van der Waals surface area contributed by atoms with Gasteiger partial charge in [-0.3, -0.25) is 4.99 Å². The molecule has 0 aromatic carbocycles. The number of carboxylic acid groups (broad SMARTS) is 1. The number of carboxylic acids is 1. The minimum absolute atomic E-state index is 0.127. The van der Waals surface area contributed by atoms with Gasteiger partial charge in [-0.2, -0.15) is 0 Å². The van der Waals surface area contributed by atoms with E-state index >= 15 is 0 Å². The number of nitrogens with two attached hydrogens (primary N) is 1. The minimum atomic E-state index is -1.20. The van der Waals surface area contributed by atoms with Crippen molar-refractivity contribution in [1.29, 1.82) is 0 Å². The van der Waals surface area contributed by atoms with Gasteiger partial charge in [0.2, 0.25) is 0 Å². The van der Waals surface area contributed by atoms with Crippen LogP contribution in [0, 0.1) is 0 Å². The Morgan fingerprint density at radius 1 is 1.53 bits per heavy atom. The van der Waals surface area contributed by atoms with Crippen molar-refractivity contribution in [1.82, 2.24) is 5.32 Å². The molecule has 0 aromatic rings. The number of hydrogen-bond acceptors (Lipinski definition) is 3.